The summed E-state index contributed by atoms with van der Waals surface area (Å²) in [5.74, 6) is 0. The van der Waals surface area contributed by atoms with E-state index in [1.807, 2.05) is 24.8 Å². The third-order valence-corrected chi connectivity index (χ3v) is 3.75. The van der Waals surface area contributed by atoms with Crippen LogP contribution in [0.4, 0.5) is 0 Å². The molecule has 0 bridgehead atoms. The van der Waals surface area contributed by atoms with Crippen molar-refractivity contribution in [2.45, 2.75) is 40.2 Å². The number of rotatable bonds is 2. The Morgan fingerprint density at radius 3 is 1.95 bits per heavy atom. The first-order chi connectivity index (χ1) is 9.47. The monoisotopic (exact) mass is 267 g/mol. The third-order valence-electron chi connectivity index (χ3n) is 3.75. The van der Waals surface area contributed by atoms with Crippen LogP contribution in [-0.2, 0) is 0 Å². The molecule has 0 fully saturated rings. The topological polar surface area (TPSA) is 30.7 Å². The second kappa shape index (κ2) is 4.58. The molecule has 0 spiro atoms. The summed E-state index contributed by atoms with van der Waals surface area (Å²) >= 11 is 0. The molecule has 3 nitrogen and oxygen atoms in total. The zero-order valence-corrected chi connectivity index (χ0v) is 12.6. The average molecular weight is 267 g/mol. The molecule has 0 radical (unpaired) electrons. The van der Waals surface area contributed by atoms with Gasteiger partial charge in [-0.3, -0.25) is 9.97 Å². The van der Waals surface area contributed by atoms with Crippen LogP contribution in [0.5, 0.6) is 0 Å². The SMILES string of the molecule is CC(CC(C)(C)C)n1c2ccncc2c2cnccc21. The van der Waals surface area contributed by atoms with Crippen LogP contribution in [-0.4, -0.2) is 14.5 Å². The lowest BCUT2D eigenvalue weighted by molar-refractivity contribution is 0.313. The Bertz CT molecular complexity index is 696. The van der Waals surface area contributed by atoms with Crippen LogP contribution in [0.1, 0.15) is 40.2 Å². The number of hydrogen-bond donors (Lipinski definition) is 0. The lowest BCUT2D eigenvalue weighted by Gasteiger charge is -2.25. The summed E-state index contributed by atoms with van der Waals surface area (Å²) in [5, 5.41) is 2.38. The van der Waals surface area contributed by atoms with Gasteiger partial charge in [0.05, 0.1) is 11.0 Å². The van der Waals surface area contributed by atoms with E-state index >= 15 is 0 Å². The van der Waals surface area contributed by atoms with Gasteiger partial charge in [-0.05, 0) is 30.9 Å². The van der Waals surface area contributed by atoms with Gasteiger partial charge in [0.2, 0.25) is 0 Å². The fraction of sp³-hybridized carbons (Fsp3) is 0.412. The zero-order valence-electron chi connectivity index (χ0n) is 12.6. The minimum Gasteiger partial charge on any atom is -0.337 e. The van der Waals surface area contributed by atoms with Crippen molar-refractivity contribution in [1.29, 1.82) is 0 Å². The highest BCUT2D eigenvalue weighted by Crippen LogP contribution is 2.35. The van der Waals surface area contributed by atoms with Crippen molar-refractivity contribution in [2.75, 3.05) is 0 Å². The molecule has 3 rings (SSSR count). The standard InChI is InChI=1S/C17H21N3/c1-12(9-17(2,3)4)20-15-5-7-18-10-13(15)14-11-19-8-6-16(14)20/h5-8,10-12H,9H2,1-4H3. The van der Waals surface area contributed by atoms with E-state index in [0.717, 1.165) is 6.42 Å². The molecular formula is C17H21N3. The highest BCUT2D eigenvalue weighted by atomic mass is 15.0. The Balaban J connectivity index is 2.26. The van der Waals surface area contributed by atoms with Crippen LogP contribution >= 0.6 is 0 Å². The molecule has 1 atom stereocenters. The van der Waals surface area contributed by atoms with E-state index in [-0.39, 0.29) is 0 Å². The van der Waals surface area contributed by atoms with Crippen molar-refractivity contribution in [3.8, 4) is 0 Å². The first kappa shape index (κ1) is 13.1. The van der Waals surface area contributed by atoms with Gasteiger partial charge in [-0.15, -0.1) is 0 Å². The van der Waals surface area contributed by atoms with Crippen molar-refractivity contribution in [2.24, 2.45) is 5.41 Å². The smallest absolute Gasteiger partial charge is 0.0525 e. The molecule has 3 heteroatoms. The maximum Gasteiger partial charge on any atom is 0.0525 e. The Labute approximate surface area is 119 Å². The molecule has 0 aliphatic heterocycles. The Hall–Kier alpha value is -1.90. The highest BCUT2D eigenvalue weighted by Gasteiger charge is 2.20. The van der Waals surface area contributed by atoms with Gasteiger partial charge >= 0.3 is 0 Å². The van der Waals surface area contributed by atoms with E-state index in [1.54, 1.807) is 0 Å². The average Bonchev–Trinajstić information content (AvgIpc) is 2.71. The number of nitrogens with zero attached hydrogens (tertiary/aromatic N) is 3. The number of pyridine rings is 2. The summed E-state index contributed by atoms with van der Waals surface area (Å²) in [6.45, 7) is 9.17. The van der Waals surface area contributed by atoms with E-state index in [2.05, 4.69) is 54.4 Å². The van der Waals surface area contributed by atoms with Gasteiger partial charge < -0.3 is 4.57 Å². The van der Waals surface area contributed by atoms with Crippen molar-refractivity contribution >= 4 is 21.8 Å². The van der Waals surface area contributed by atoms with Gasteiger partial charge in [0.15, 0.2) is 0 Å². The van der Waals surface area contributed by atoms with Gasteiger partial charge in [-0.2, -0.15) is 0 Å². The molecule has 0 amide bonds. The van der Waals surface area contributed by atoms with Crippen molar-refractivity contribution in [3.63, 3.8) is 0 Å². The second-order valence-electron chi connectivity index (χ2n) is 6.77. The highest BCUT2D eigenvalue weighted by molar-refractivity contribution is 6.07. The summed E-state index contributed by atoms with van der Waals surface area (Å²) in [6, 6.07) is 4.66. The third kappa shape index (κ3) is 2.17. The van der Waals surface area contributed by atoms with Crippen molar-refractivity contribution in [1.82, 2.24) is 14.5 Å². The molecule has 104 valence electrons. The molecule has 3 heterocycles. The number of fused-ring (bicyclic) bond motifs is 3. The van der Waals surface area contributed by atoms with Crippen LogP contribution in [0, 0.1) is 5.41 Å². The summed E-state index contributed by atoms with van der Waals surface area (Å²) in [6.07, 6.45) is 8.76. The molecule has 3 aromatic heterocycles. The molecule has 0 aliphatic carbocycles. The maximum atomic E-state index is 4.27. The Morgan fingerprint density at radius 2 is 1.50 bits per heavy atom. The predicted molar refractivity (Wildman–Crippen MR) is 83.8 cm³/mol. The van der Waals surface area contributed by atoms with Crippen molar-refractivity contribution in [3.05, 3.63) is 36.9 Å². The van der Waals surface area contributed by atoms with Crippen LogP contribution in [0.2, 0.25) is 0 Å². The minimum atomic E-state index is 0.308. The number of aromatic nitrogens is 3. The van der Waals surface area contributed by atoms with E-state index in [9.17, 15) is 0 Å². The molecule has 0 aliphatic rings. The van der Waals surface area contributed by atoms with Gasteiger partial charge in [-0.25, -0.2) is 0 Å². The molecule has 0 N–H and O–H groups in total. The largest absolute Gasteiger partial charge is 0.337 e. The fourth-order valence-corrected chi connectivity index (χ4v) is 3.19. The van der Waals surface area contributed by atoms with E-state index < -0.39 is 0 Å². The van der Waals surface area contributed by atoms with Gasteiger partial charge in [0, 0.05) is 41.6 Å². The quantitative estimate of drug-likeness (QED) is 0.680. The lowest BCUT2D eigenvalue weighted by atomic mass is 9.88. The Kier molecular flexibility index (Phi) is 3.00. The van der Waals surface area contributed by atoms with Crippen LogP contribution in [0.25, 0.3) is 21.8 Å². The van der Waals surface area contributed by atoms with Crippen LogP contribution in [0.15, 0.2) is 36.9 Å². The molecular weight excluding hydrogens is 246 g/mol. The van der Waals surface area contributed by atoms with E-state index in [4.69, 9.17) is 0 Å². The first-order valence-electron chi connectivity index (χ1n) is 7.15. The molecule has 1 unspecified atom stereocenters. The normalized spacial score (nSPS) is 14.0. The lowest BCUT2D eigenvalue weighted by Crippen LogP contribution is -2.14. The van der Waals surface area contributed by atoms with Gasteiger partial charge in [-0.1, -0.05) is 20.8 Å². The molecule has 20 heavy (non-hydrogen) atoms. The van der Waals surface area contributed by atoms with E-state index in [0.29, 0.717) is 11.5 Å². The fourth-order valence-electron chi connectivity index (χ4n) is 3.19. The first-order valence-corrected chi connectivity index (χ1v) is 7.15. The molecule has 0 saturated carbocycles. The summed E-state index contributed by atoms with van der Waals surface area (Å²) in [5.41, 5.74) is 2.81. The second-order valence-corrected chi connectivity index (χ2v) is 6.77. The summed E-state index contributed by atoms with van der Waals surface area (Å²) in [4.78, 5) is 8.54. The zero-order chi connectivity index (χ0) is 14.3. The maximum absolute atomic E-state index is 4.27. The van der Waals surface area contributed by atoms with Crippen LogP contribution < -0.4 is 0 Å². The van der Waals surface area contributed by atoms with Gasteiger partial charge in [0.25, 0.3) is 0 Å². The van der Waals surface area contributed by atoms with Crippen molar-refractivity contribution < 1.29 is 0 Å². The Morgan fingerprint density at radius 1 is 1.00 bits per heavy atom. The summed E-state index contributed by atoms with van der Waals surface area (Å²) in [7, 11) is 0. The molecule has 0 aromatic carbocycles. The van der Waals surface area contributed by atoms with E-state index in [1.165, 1.54) is 21.8 Å². The van der Waals surface area contributed by atoms with Crippen LogP contribution in [0.3, 0.4) is 0 Å². The predicted octanol–water partition coefficient (Wildman–Crippen LogP) is 4.58. The molecule has 0 saturated heterocycles. The molecule has 3 aromatic rings. The minimum absolute atomic E-state index is 0.308. The summed E-state index contributed by atoms with van der Waals surface area (Å²) < 4.78 is 2.43. The number of hydrogen-bond acceptors (Lipinski definition) is 2. The van der Waals surface area contributed by atoms with Gasteiger partial charge in [0.1, 0.15) is 0 Å².